The first-order chi connectivity index (χ1) is 4.81. The second-order valence-electron chi connectivity index (χ2n) is 2.48. The Balaban J connectivity index is 2.89. The Kier molecular flexibility index (Phi) is 7.47. The smallest absolute Gasteiger partial charge is 0.0582 e. The number of alkyl halides is 1. The van der Waals surface area contributed by atoms with Gasteiger partial charge in [-0.1, -0.05) is 12.8 Å². The average molecular weight is 166 g/mol. The van der Waals surface area contributed by atoms with Crippen LogP contribution in [0.4, 0.5) is 0 Å². The van der Waals surface area contributed by atoms with Crippen molar-refractivity contribution in [3.8, 4) is 0 Å². The maximum absolute atomic E-state index is 8.54. The van der Waals surface area contributed by atoms with Crippen LogP contribution in [0.5, 0.6) is 0 Å². The van der Waals surface area contributed by atoms with Gasteiger partial charge in [0.05, 0.1) is 6.61 Å². The van der Waals surface area contributed by atoms with Gasteiger partial charge in [-0.2, -0.15) is 0 Å². The normalized spacial score (nSPS) is 13.5. The predicted octanol–water partition coefficient (Wildman–Crippen LogP) is 1.11. The molecule has 0 saturated carbocycles. The van der Waals surface area contributed by atoms with Crippen LogP contribution in [0.3, 0.4) is 0 Å². The summed E-state index contributed by atoms with van der Waals surface area (Å²) in [5.74, 6) is 0.731. The highest BCUT2D eigenvalue weighted by Crippen LogP contribution is 2.02. The van der Waals surface area contributed by atoms with Gasteiger partial charge in [-0.25, -0.2) is 0 Å². The highest BCUT2D eigenvalue weighted by atomic mass is 35.5. The van der Waals surface area contributed by atoms with E-state index in [1.54, 1.807) is 0 Å². The summed E-state index contributed by atoms with van der Waals surface area (Å²) in [5.41, 5.74) is 5.47. The molecular formula is C7H16ClNO. The van der Waals surface area contributed by atoms with E-state index in [0.29, 0.717) is 0 Å². The van der Waals surface area contributed by atoms with Crippen molar-refractivity contribution in [2.45, 2.75) is 31.7 Å². The lowest BCUT2D eigenvalue weighted by molar-refractivity contribution is 0.257. The molecule has 0 bridgehead atoms. The van der Waals surface area contributed by atoms with Crippen molar-refractivity contribution in [3.63, 3.8) is 0 Å². The van der Waals surface area contributed by atoms with Gasteiger partial charge in [0.2, 0.25) is 0 Å². The van der Waals surface area contributed by atoms with Crippen LogP contribution in [0.2, 0.25) is 0 Å². The fourth-order valence-corrected chi connectivity index (χ4v) is 0.958. The van der Waals surface area contributed by atoms with Crippen molar-refractivity contribution in [3.05, 3.63) is 0 Å². The molecule has 0 aromatic rings. The molecule has 0 radical (unpaired) electrons. The second kappa shape index (κ2) is 7.32. The monoisotopic (exact) mass is 165 g/mol. The van der Waals surface area contributed by atoms with Gasteiger partial charge in [0, 0.05) is 11.9 Å². The predicted molar refractivity (Wildman–Crippen MR) is 44.2 cm³/mol. The molecule has 0 heterocycles. The van der Waals surface area contributed by atoms with E-state index in [9.17, 15) is 0 Å². The van der Waals surface area contributed by atoms with Crippen LogP contribution in [-0.4, -0.2) is 23.6 Å². The fourth-order valence-electron chi connectivity index (χ4n) is 0.769. The van der Waals surface area contributed by atoms with Gasteiger partial charge in [-0.15, -0.1) is 11.6 Å². The number of rotatable bonds is 6. The molecule has 0 fully saturated rings. The van der Waals surface area contributed by atoms with E-state index >= 15 is 0 Å². The van der Waals surface area contributed by atoms with Crippen molar-refractivity contribution >= 4 is 11.6 Å². The number of hydrogen-bond donors (Lipinski definition) is 2. The molecule has 2 nitrogen and oxygen atoms in total. The van der Waals surface area contributed by atoms with Crippen LogP contribution < -0.4 is 5.73 Å². The van der Waals surface area contributed by atoms with E-state index < -0.39 is 0 Å². The van der Waals surface area contributed by atoms with E-state index in [-0.39, 0.29) is 12.6 Å². The molecule has 3 heteroatoms. The van der Waals surface area contributed by atoms with E-state index in [2.05, 4.69) is 0 Å². The molecule has 0 saturated heterocycles. The molecule has 0 aliphatic heterocycles. The first kappa shape index (κ1) is 10.2. The van der Waals surface area contributed by atoms with Gasteiger partial charge >= 0.3 is 0 Å². The highest BCUT2D eigenvalue weighted by Gasteiger charge is 1.98. The van der Waals surface area contributed by atoms with E-state index in [4.69, 9.17) is 22.4 Å². The molecule has 3 N–H and O–H groups in total. The Bertz CT molecular complexity index is 70.6. The summed E-state index contributed by atoms with van der Waals surface area (Å²) in [6.07, 6.45) is 4.17. The largest absolute Gasteiger partial charge is 0.395 e. The standard InChI is InChI=1S/C7H16ClNO/c8-5-3-1-2-4-7(9)6-10/h7,10H,1-6,9H2. The van der Waals surface area contributed by atoms with Gasteiger partial charge in [0.15, 0.2) is 0 Å². The second-order valence-corrected chi connectivity index (χ2v) is 2.86. The minimum Gasteiger partial charge on any atom is -0.395 e. The van der Waals surface area contributed by atoms with Gasteiger partial charge < -0.3 is 10.8 Å². The molecule has 0 aliphatic rings. The zero-order chi connectivity index (χ0) is 7.82. The summed E-state index contributed by atoms with van der Waals surface area (Å²) in [7, 11) is 0. The number of hydrogen-bond acceptors (Lipinski definition) is 2. The molecule has 1 unspecified atom stereocenters. The SMILES string of the molecule is NC(CO)CCCCCCl. The lowest BCUT2D eigenvalue weighted by atomic mass is 10.1. The van der Waals surface area contributed by atoms with Crippen molar-refractivity contribution in [2.75, 3.05) is 12.5 Å². The number of aliphatic hydroxyl groups excluding tert-OH is 1. The van der Waals surface area contributed by atoms with Crippen LogP contribution in [0.1, 0.15) is 25.7 Å². The Hall–Kier alpha value is 0.210. The van der Waals surface area contributed by atoms with Crippen molar-refractivity contribution in [1.82, 2.24) is 0 Å². The third kappa shape index (κ3) is 6.33. The van der Waals surface area contributed by atoms with Gasteiger partial charge in [-0.3, -0.25) is 0 Å². The van der Waals surface area contributed by atoms with Crippen LogP contribution in [-0.2, 0) is 0 Å². The highest BCUT2D eigenvalue weighted by molar-refractivity contribution is 6.17. The Labute approximate surface area is 67.4 Å². The fraction of sp³-hybridized carbons (Fsp3) is 1.00. The maximum atomic E-state index is 8.54. The molecule has 0 aliphatic carbocycles. The minimum absolute atomic E-state index is 0.0321. The van der Waals surface area contributed by atoms with Crippen molar-refractivity contribution in [2.24, 2.45) is 5.73 Å². The van der Waals surface area contributed by atoms with Gasteiger partial charge in [0.25, 0.3) is 0 Å². The number of unbranched alkanes of at least 4 members (excludes halogenated alkanes) is 2. The molecule has 1 atom stereocenters. The van der Waals surface area contributed by atoms with E-state index in [1.807, 2.05) is 0 Å². The first-order valence-corrected chi connectivity index (χ1v) is 4.27. The molecule has 0 amide bonds. The zero-order valence-corrected chi connectivity index (χ0v) is 6.98. The maximum Gasteiger partial charge on any atom is 0.0582 e. The molecule has 62 valence electrons. The molecular weight excluding hydrogens is 150 g/mol. The summed E-state index contributed by atoms with van der Waals surface area (Å²) in [6.45, 7) is 0.0981. The molecule has 0 rings (SSSR count). The summed E-state index contributed by atoms with van der Waals surface area (Å²) in [6, 6.07) is -0.0321. The van der Waals surface area contributed by atoms with Crippen LogP contribution in [0.15, 0.2) is 0 Å². The Morgan fingerprint density at radius 1 is 1.30 bits per heavy atom. The van der Waals surface area contributed by atoms with Gasteiger partial charge in [0.1, 0.15) is 0 Å². The number of nitrogens with two attached hydrogens (primary N) is 1. The summed E-state index contributed by atoms with van der Waals surface area (Å²) in [4.78, 5) is 0. The molecule has 10 heavy (non-hydrogen) atoms. The van der Waals surface area contributed by atoms with Gasteiger partial charge in [-0.05, 0) is 12.8 Å². The lowest BCUT2D eigenvalue weighted by Crippen LogP contribution is -2.23. The lowest BCUT2D eigenvalue weighted by Gasteiger charge is -2.05. The number of halogens is 1. The van der Waals surface area contributed by atoms with E-state index in [1.165, 1.54) is 0 Å². The Morgan fingerprint density at radius 2 is 2.00 bits per heavy atom. The van der Waals surface area contributed by atoms with Crippen LogP contribution in [0, 0.1) is 0 Å². The molecule has 0 spiro atoms. The first-order valence-electron chi connectivity index (χ1n) is 3.73. The molecule has 0 aromatic heterocycles. The minimum atomic E-state index is -0.0321. The third-order valence-electron chi connectivity index (χ3n) is 1.44. The number of aliphatic hydroxyl groups is 1. The molecule has 0 aromatic carbocycles. The van der Waals surface area contributed by atoms with Crippen LogP contribution in [0.25, 0.3) is 0 Å². The summed E-state index contributed by atoms with van der Waals surface area (Å²) < 4.78 is 0. The third-order valence-corrected chi connectivity index (χ3v) is 1.71. The van der Waals surface area contributed by atoms with Crippen molar-refractivity contribution < 1.29 is 5.11 Å². The van der Waals surface area contributed by atoms with E-state index in [0.717, 1.165) is 31.6 Å². The topological polar surface area (TPSA) is 46.2 Å². The van der Waals surface area contributed by atoms with Crippen molar-refractivity contribution in [1.29, 1.82) is 0 Å². The Morgan fingerprint density at radius 3 is 2.50 bits per heavy atom. The van der Waals surface area contributed by atoms with Crippen LogP contribution >= 0.6 is 11.6 Å². The summed E-state index contributed by atoms with van der Waals surface area (Å²) in [5, 5.41) is 8.54. The average Bonchev–Trinajstić information content (AvgIpc) is 1.98. The quantitative estimate of drug-likeness (QED) is 0.458. The summed E-state index contributed by atoms with van der Waals surface area (Å²) >= 11 is 5.47. The zero-order valence-electron chi connectivity index (χ0n) is 6.22.